The lowest BCUT2D eigenvalue weighted by Gasteiger charge is -2.13. The van der Waals surface area contributed by atoms with Gasteiger partial charge in [0.2, 0.25) is 11.6 Å². The SMILES string of the molecule is COc1ccccc1-n1c(SC#CC(=O)NNC=O)nnc1-c1ccc(Cl)cc1. The van der Waals surface area contributed by atoms with E-state index >= 15 is 0 Å². The summed E-state index contributed by atoms with van der Waals surface area (Å²) in [7, 11) is 1.57. The highest BCUT2D eigenvalue weighted by atomic mass is 35.5. The smallest absolute Gasteiger partial charge is 0.315 e. The molecule has 0 unspecified atom stereocenters. The van der Waals surface area contributed by atoms with Gasteiger partial charge in [-0.3, -0.25) is 25.0 Å². The highest BCUT2D eigenvalue weighted by molar-refractivity contribution is 8.03. The Labute approximate surface area is 175 Å². The van der Waals surface area contributed by atoms with Crippen molar-refractivity contribution < 1.29 is 14.3 Å². The van der Waals surface area contributed by atoms with E-state index in [0.717, 1.165) is 17.3 Å². The van der Waals surface area contributed by atoms with Crippen LogP contribution in [0, 0.1) is 11.2 Å². The molecule has 0 aliphatic carbocycles. The minimum absolute atomic E-state index is 0.337. The van der Waals surface area contributed by atoms with Crippen molar-refractivity contribution in [3.63, 3.8) is 0 Å². The van der Waals surface area contributed by atoms with Crippen LogP contribution in [0.5, 0.6) is 5.75 Å². The topological polar surface area (TPSA) is 98.1 Å². The number of thioether (sulfide) groups is 1. The zero-order valence-corrected chi connectivity index (χ0v) is 16.6. The summed E-state index contributed by atoms with van der Waals surface area (Å²) in [6, 6.07) is 14.6. The van der Waals surface area contributed by atoms with Gasteiger partial charge < -0.3 is 4.74 Å². The molecule has 146 valence electrons. The predicted octanol–water partition coefficient (Wildman–Crippen LogP) is 2.43. The third kappa shape index (κ3) is 4.87. The van der Waals surface area contributed by atoms with Crippen LogP contribution in [-0.2, 0) is 9.59 Å². The van der Waals surface area contributed by atoms with E-state index in [1.165, 1.54) is 0 Å². The molecular weight excluding hydrogens is 414 g/mol. The van der Waals surface area contributed by atoms with Crippen LogP contribution in [0.2, 0.25) is 5.02 Å². The molecule has 3 rings (SSSR count). The van der Waals surface area contributed by atoms with Crippen LogP contribution in [0.3, 0.4) is 0 Å². The average molecular weight is 428 g/mol. The lowest BCUT2D eigenvalue weighted by molar-refractivity contribution is -0.120. The number of benzene rings is 2. The molecule has 2 amide bonds. The molecule has 29 heavy (non-hydrogen) atoms. The number of hydrazine groups is 1. The summed E-state index contributed by atoms with van der Waals surface area (Å²) in [6.07, 6.45) is 0.337. The third-order valence-electron chi connectivity index (χ3n) is 3.61. The number of ether oxygens (including phenoxy) is 1. The zero-order chi connectivity index (χ0) is 20.6. The van der Waals surface area contributed by atoms with Gasteiger partial charge in [-0.25, -0.2) is 0 Å². The van der Waals surface area contributed by atoms with Crippen molar-refractivity contribution in [3.8, 4) is 34.0 Å². The van der Waals surface area contributed by atoms with Crippen molar-refractivity contribution in [3.05, 3.63) is 53.6 Å². The summed E-state index contributed by atoms with van der Waals surface area (Å²) in [5.74, 6) is 2.85. The number of hydrogen-bond acceptors (Lipinski definition) is 6. The second-order valence-corrected chi connectivity index (χ2v) is 6.58. The Kier molecular flexibility index (Phi) is 6.73. The second-order valence-electron chi connectivity index (χ2n) is 5.37. The van der Waals surface area contributed by atoms with Gasteiger partial charge in [0.25, 0.3) is 0 Å². The molecule has 0 atom stereocenters. The van der Waals surface area contributed by atoms with Crippen molar-refractivity contribution >= 4 is 35.7 Å². The number of amides is 2. The Bertz CT molecular complexity index is 1090. The summed E-state index contributed by atoms with van der Waals surface area (Å²) in [4.78, 5) is 21.7. The van der Waals surface area contributed by atoms with Crippen LogP contribution in [0.15, 0.2) is 53.7 Å². The van der Waals surface area contributed by atoms with Gasteiger partial charge in [-0.2, -0.15) is 0 Å². The Morgan fingerprint density at radius 2 is 1.97 bits per heavy atom. The van der Waals surface area contributed by atoms with Crippen molar-refractivity contribution in [2.45, 2.75) is 5.16 Å². The number of rotatable bonds is 6. The molecule has 0 saturated carbocycles. The van der Waals surface area contributed by atoms with Crippen LogP contribution < -0.4 is 15.6 Å². The number of aromatic nitrogens is 3. The molecule has 2 aromatic carbocycles. The average Bonchev–Trinajstić information content (AvgIpc) is 3.16. The van der Waals surface area contributed by atoms with E-state index in [1.54, 1.807) is 23.8 Å². The molecule has 3 aromatic rings. The van der Waals surface area contributed by atoms with Gasteiger partial charge in [-0.05, 0) is 41.7 Å². The summed E-state index contributed by atoms with van der Waals surface area (Å²) < 4.78 is 7.25. The van der Waals surface area contributed by atoms with Crippen LogP contribution in [0.4, 0.5) is 0 Å². The highest BCUT2D eigenvalue weighted by Crippen LogP contribution is 2.32. The molecule has 0 aliphatic heterocycles. The van der Waals surface area contributed by atoms with Gasteiger partial charge in [-0.15, -0.1) is 10.2 Å². The Morgan fingerprint density at radius 1 is 1.21 bits per heavy atom. The van der Waals surface area contributed by atoms with Crippen LogP contribution in [-0.4, -0.2) is 34.2 Å². The van der Waals surface area contributed by atoms with Crippen LogP contribution in [0.1, 0.15) is 0 Å². The Balaban J connectivity index is 2.03. The van der Waals surface area contributed by atoms with E-state index in [2.05, 4.69) is 26.8 Å². The van der Waals surface area contributed by atoms with Crippen LogP contribution >= 0.6 is 23.4 Å². The van der Waals surface area contributed by atoms with E-state index in [1.807, 2.05) is 41.8 Å². The zero-order valence-electron chi connectivity index (χ0n) is 15.0. The number of methoxy groups -OCH3 is 1. The highest BCUT2D eigenvalue weighted by Gasteiger charge is 2.18. The molecule has 0 spiro atoms. The maximum atomic E-state index is 11.5. The van der Waals surface area contributed by atoms with E-state index in [0.29, 0.717) is 33.9 Å². The molecule has 8 nitrogen and oxygen atoms in total. The number of halogens is 1. The maximum Gasteiger partial charge on any atom is 0.315 e. The molecule has 0 fully saturated rings. The first kappa shape index (κ1) is 20.3. The fourth-order valence-corrected chi connectivity index (χ4v) is 3.12. The van der Waals surface area contributed by atoms with Gasteiger partial charge in [0.1, 0.15) is 5.75 Å². The Morgan fingerprint density at radius 3 is 2.69 bits per heavy atom. The molecular formula is C19H14ClN5O3S. The molecule has 0 radical (unpaired) electrons. The number of nitrogens with one attached hydrogen (secondary N) is 2. The first-order chi connectivity index (χ1) is 14.1. The van der Waals surface area contributed by atoms with E-state index in [9.17, 15) is 9.59 Å². The normalized spacial score (nSPS) is 9.86. The van der Waals surface area contributed by atoms with E-state index in [-0.39, 0.29) is 0 Å². The second kappa shape index (κ2) is 9.64. The van der Waals surface area contributed by atoms with Crippen molar-refractivity contribution in [2.24, 2.45) is 0 Å². The predicted molar refractivity (Wildman–Crippen MR) is 109 cm³/mol. The molecule has 0 aliphatic rings. The van der Waals surface area contributed by atoms with E-state index in [4.69, 9.17) is 16.3 Å². The minimum Gasteiger partial charge on any atom is -0.495 e. The largest absolute Gasteiger partial charge is 0.495 e. The summed E-state index contributed by atoms with van der Waals surface area (Å²) in [5, 5.41) is 12.2. The van der Waals surface area contributed by atoms with Gasteiger partial charge in [0.05, 0.1) is 12.8 Å². The lowest BCUT2D eigenvalue weighted by atomic mass is 10.2. The first-order valence-corrected chi connectivity index (χ1v) is 9.35. The number of nitrogens with zero attached hydrogens (tertiary/aromatic N) is 3. The fraction of sp³-hybridized carbons (Fsp3) is 0.0526. The standard InChI is InChI=1S/C19H14ClN5O3S/c1-28-16-5-3-2-4-15(16)25-18(13-6-8-14(20)9-7-13)23-24-19(25)29-11-10-17(27)22-21-12-26/h2-9,12H,1H3,(H,21,26)(H,22,27). The van der Waals surface area contributed by atoms with Gasteiger partial charge >= 0.3 is 5.91 Å². The summed E-state index contributed by atoms with van der Waals surface area (Å²) in [5.41, 5.74) is 5.63. The molecule has 1 aromatic heterocycles. The van der Waals surface area contributed by atoms with Crippen LogP contribution in [0.25, 0.3) is 17.1 Å². The minimum atomic E-state index is -0.661. The molecule has 2 N–H and O–H groups in total. The van der Waals surface area contributed by atoms with Gasteiger partial charge in [0.15, 0.2) is 5.82 Å². The van der Waals surface area contributed by atoms with Crippen molar-refractivity contribution in [1.82, 2.24) is 25.6 Å². The van der Waals surface area contributed by atoms with Gasteiger partial charge in [0, 0.05) is 28.3 Å². The maximum absolute atomic E-state index is 11.5. The van der Waals surface area contributed by atoms with Gasteiger partial charge in [-0.1, -0.05) is 23.7 Å². The quantitative estimate of drug-likeness (QED) is 0.271. The lowest BCUT2D eigenvalue weighted by Crippen LogP contribution is -2.35. The summed E-state index contributed by atoms with van der Waals surface area (Å²) in [6.45, 7) is 0. The summed E-state index contributed by atoms with van der Waals surface area (Å²) >= 11 is 7.00. The number of para-hydroxylation sites is 2. The molecule has 10 heteroatoms. The van der Waals surface area contributed by atoms with Crippen molar-refractivity contribution in [2.75, 3.05) is 7.11 Å². The monoisotopic (exact) mass is 427 g/mol. The number of hydrogen-bond donors (Lipinski definition) is 2. The molecule has 0 saturated heterocycles. The molecule has 1 heterocycles. The first-order valence-electron chi connectivity index (χ1n) is 8.15. The van der Waals surface area contributed by atoms with Crippen molar-refractivity contribution in [1.29, 1.82) is 0 Å². The van der Waals surface area contributed by atoms with E-state index < -0.39 is 5.91 Å². The third-order valence-corrected chi connectivity index (χ3v) is 4.52. The Hall–Kier alpha value is -3.48. The molecule has 0 bridgehead atoms. The fourth-order valence-electron chi connectivity index (χ4n) is 2.40. The number of carbonyl (C=O) groups is 2. The number of carbonyl (C=O) groups excluding carboxylic acids is 2.